The predicted molar refractivity (Wildman–Crippen MR) is 129 cm³/mol. The van der Waals surface area contributed by atoms with Gasteiger partial charge in [-0.2, -0.15) is 0 Å². The van der Waals surface area contributed by atoms with Crippen molar-refractivity contribution in [2.75, 3.05) is 46.5 Å². The van der Waals surface area contributed by atoms with Gasteiger partial charge in [0.25, 0.3) is 0 Å². The summed E-state index contributed by atoms with van der Waals surface area (Å²) >= 11 is 0. The van der Waals surface area contributed by atoms with Crippen LogP contribution in [0.3, 0.4) is 0 Å². The summed E-state index contributed by atoms with van der Waals surface area (Å²) in [6, 6.07) is 17.3. The van der Waals surface area contributed by atoms with Crippen molar-refractivity contribution < 1.29 is 33.1 Å². The molecular formula is C27H33N2O6+. The number of quaternary nitrogens is 1. The Kier molecular flexibility index (Phi) is 8.15. The molecule has 0 aliphatic carbocycles. The van der Waals surface area contributed by atoms with Gasteiger partial charge in [0.15, 0.2) is 12.1 Å². The van der Waals surface area contributed by atoms with Crippen LogP contribution in [0, 0.1) is 5.92 Å². The Labute approximate surface area is 205 Å². The third kappa shape index (κ3) is 6.26. The van der Waals surface area contributed by atoms with Gasteiger partial charge < -0.3 is 24.0 Å². The Morgan fingerprint density at radius 3 is 2.29 bits per heavy atom. The average Bonchev–Trinajstić information content (AvgIpc) is 2.89. The van der Waals surface area contributed by atoms with Gasteiger partial charge in [-0.15, -0.1) is 0 Å². The highest BCUT2D eigenvalue weighted by molar-refractivity contribution is 5.97. The fourth-order valence-electron chi connectivity index (χ4n) is 5.12. The minimum atomic E-state index is -0.985. The van der Waals surface area contributed by atoms with E-state index in [2.05, 4.69) is 5.32 Å². The maximum absolute atomic E-state index is 13.3. The maximum atomic E-state index is 13.3. The fraction of sp³-hybridized carbons (Fsp3) is 0.444. The molecule has 0 aromatic heterocycles. The Hall–Kier alpha value is -3.23. The number of nitrogens with zero attached hydrogens (tertiary/aromatic N) is 1. The number of nitrogens with one attached hydrogen (secondary N) is 1. The van der Waals surface area contributed by atoms with Gasteiger partial charge in [0.1, 0.15) is 19.7 Å². The summed E-state index contributed by atoms with van der Waals surface area (Å²) in [5.74, 6) is -0.152. The van der Waals surface area contributed by atoms with Crippen molar-refractivity contribution in [3.8, 4) is 0 Å². The van der Waals surface area contributed by atoms with E-state index in [1.165, 1.54) is 7.11 Å². The third-order valence-electron chi connectivity index (χ3n) is 7.04. The smallest absolute Gasteiger partial charge is 0.408 e. The topological polar surface area (TPSA) is 90.9 Å². The first kappa shape index (κ1) is 24.9. The monoisotopic (exact) mass is 481 g/mol. The Morgan fingerprint density at radius 1 is 0.971 bits per heavy atom. The van der Waals surface area contributed by atoms with Crippen molar-refractivity contribution in [3.63, 3.8) is 0 Å². The number of carbonyl (C=O) groups is 3. The lowest BCUT2D eigenvalue weighted by molar-refractivity contribution is -0.938. The van der Waals surface area contributed by atoms with Crippen LogP contribution in [0.4, 0.5) is 4.79 Å². The van der Waals surface area contributed by atoms with Crippen molar-refractivity contribution in [2.45, 2.75) is 25.0 Å². The van der Waals surface area contributed by atoms with E-state index in [4.69, 9.17) is 14.2 Å². The van der Waals surface area contributed by atoms with Crippen molar-refractivity contribution in [1.29, 1.82) is 0 Å². The van der Waals surface area contributed by atoms with Crippen LogP contribution >= 0.6 is 0 Å². The SMILES string of the molecule is COCCOC(=O)NC(C(=O)O[C@H]1C[N+]2(CC(=O)c3ccccc3)CCC1CC2)c1ccccc1. The van der Waals surface area contributed by atoms with Crippen LogP contribution in [0.15, 0.2) is 60.7 Å². The summed E-state index contributed by atoms with van der Waals surface area (Å²) in [7, 11) is 1.52. The van der Waals surface area contributed by atoms with E-state index in [1.807, 2.05) is 36.4 Å². The van der Waals surface area contributed by atoms with Gasteiger partial charge >= 0.3 is 12.1 Å². The van der Waals surface area contributed by atoms with Crippen LogP contribution in [0.25, 0.3) is 0 Å². The molecule has 1 unspecified atom stereocenters. The van der Waals surface area contributed by atoms with E-state index in [9.17, 15) is 14.4 Å². The number of fused-ring (bicyclic) bond motifs is 3. The van der Waals surface area contributed by atoms with Crippen LogP contribution in [0.2, 0.25) is 0 Å². The number of carbonyl (C=O) groups excluding carboxylic acids is 3. The molecule has 2 aromatic rings. The molecule has 2 aromatic carbocycles. The van der Waals surface area contributed by atoms with Crippen molar-refractivity contribution >= 4 is 17.8 Å². The molecule has 3 aliphatic heterocycles. The highest BCUT2D eigenvalue weighted by Crippen LogP contribution is 2.36. The standard InChI is InChI=1S/C27H32N2O6/c1-33-16-17-34-27(32)28-25(22-10-6-3-7-11-22)26(31)35-24-19-29(14-12-21(24)13-15-29)18-23(30)20-8-4-2-5-9-20/h2-11,21,24-25H,12-19H2,1H3/p+1/t21?,24-,25?,29?/m0/s1. The minimum Gasteiger partial charge on any atom is -0.454 e. The Balaban J connectivity index is 1.43. The van der Waals surface area contributed by atoms with Crippen LogP contribution in [0.5, 0.6) is 0 Å². The maximum Gasteiger partial charge on any atom is 0.408 e. The summed E-state index contributed by atoms with van der Waals surface area (Å²) in [5, 5.41) is 2.64. The first-order valence-electron chi connectivity index (χ1n) is 12.1. The molecule has 2 atom stereocenters. The number of piperidine rings is 3. The normalized spacial score (nSPS) is 23.8. The first-order valence-corrected chi connectivity index (χ1v) is 12.1. The molecular weight excluding hydrogens is 448 g/mol. The van der Waals surface area contributed by atoms with Gasteiger partial charge in [-0.05, 0) is 5.56 Å². The molecule has 0 saturated carbocycles. The molecule has 5 rings (SSSR count). The average molecular weight is 482 g/mol. The molecule has 1 N–H and O–H groups in total. The summed E-state index contributed by atoms with van der Waals surface area (Å²) < 4.78 is 16.7. The van der Waals surface area contributed by atoms with Crippen LogP contribution in [-0.4, -0.2) is 74.9 Å². The number of Topliss-reactive ketones (excluding diaryl/α,β-unsaturated/α-hetero) is 1. The van der Waals surface area contributed by atoms with Gasteiger partial charge in [0.2, 0.25) is 5.78 Å². The number of benzene rings is 2. The number of ketones is 1. The molecule has 1 amide bonds. The molecule has 0 radical (unpaired) electrons. The molecule has 0 spiro atoms. The molecule has 35 heavy (non-hydrogen) atoms. The molecule has 8 heteroatoms. The molecule has 3 fully saturated rings. The number of rotatable bonds is 10. The van der Waals surface area contributed by atoms with Crippen molar-refractivity contribution in [3.05, 3.63) is 71.8 Å². The second-order valence-electron chi connectivity index (χ2n) is 9.35. The summed E-state index contributed by atoms with van der Waals surface area (Å²) in [5.41, 5.74) is 1.33. The number of esters is 1. The summed E-state index contributed by atoms with van der Waals surface area (Å²) in [4.78, 5) is 38.6. The van der Waals surface area contributed by atoms with Crippen LogP contribution in [0.1, 0.15) is 34.8 Å². The van der Waals surface area contributed by atoms with E-state index in [1.54, 1.807) is 24.3 Å². The Bertz CT molecular complexity index is 1000. The van der Waals surface area contributed by atoms with Gasteiger partial charge in [-0.25, -0.2) is 9.59 Å². The summed E-state index contributed by atoms with van der Waals surface area (Å²) in [6.07, 6.45) is 0.801. The largest absolute Gasteiger partial charge is 0.454 e. The zero-order valence-electron chi connectivity index (χ0n) is 20.1. The van der Waals surface area contributed by atoms with Crippen LogP contribution in [-0.2, 0) is 19.0 Å². The molecule has 3 saturated heterocycles. The van der Waals surface area contributed by atoms with Crippen molar-refractivity contribution in [1.82, 2.24) is 5.32 Å². The van der Waals surface area contributed by atoms with E-state index >= 15 is 0 Å². The molecule has 2 bridgehead atoms. The van der Waals surface area contributed by atoms with E-state index in [0.29, 0.717) is 28.7 Å². The van der Waals surface area contributed by atoms with Gasteiger partial charge in [-0.3, -0.25) is 4.79 Å². The number of hydrogen-bond donors (Lipinski definition) is 1. The minimum absolute atomic E-state index is 0.0824. The van der Waals surface area contributed by atoms with Crippen LogP contribution < -0.4 is 5.32 Å². The number of alkyl carbamates (subject to hydrolysis) is 1. The lowest BCUT2D eigenvalue weighted by Crippen LogP contribution is -2.66. The predicted octanol–water partition coefficient (Wildman–Crippen LogP) is 3.14. The third-order valence-corrected chi connectivity index (χ3v) is 7.04. The number of ether oxygens (including phenoxy) is 3. The van der Waals surface area contributed by atoms with Gasteiger partial charge in [0, 0.05) is 31.4 Å². The van der Waals surface area contributed by atoms with Gasteiger partial charge in [-0.1, -0.05) is 60.7 Å². The molecule has 3 aliphatic rings. The lowest BCUT2D eigenvalue weighted by Gasteiger charge is -2.51. The fourth-order valence-corrected chi connectivity index (χ4v) is 5.12. The van der Waals surface area contributed by atoms with E-state index < -0.39 is 18.1 Å². The Morgan fingerprint density at radius 2 is 1.63 bits per heavy atom. The zero-order valence-corrected chi connectivity index (χ0v) is 20.1. The molecule has 186 valence electrons. The number of methoxy groups -OCH3 is 1. The van der Waals surface area contributed by atoms with Gasteiger partial charge in [0.05, 0.1) is 19.7 Å². The summed E-state index contributed by atoms with van der Waals surface area (Å²) in [6.45, 7) is 3.16. The van der Waals surface area contributed by atoms with E-state index in [0.717, 1.165) is 25.9 Å². The second-order valence-corrected chi connectivity index (χ2v) is 9.35. The highest BCUT2D eigenvalue weighted by Gasteiger charge is 2.49. The quantitative estimate of drug-likeness (QED) is 0.243. The lowest BCUT2D eigenvalue weighted by atomic mass is 9.82. The number of amides is 1. The second kappa shape index (κ2) is 11.5. The first-order chi connectivity index (χ1) is 17.0. The molecule has 8 nitrogen and oxygen atoms in total. The molecule has 3 heterocycles. The number of hydrogen-bond acceptors (Lipinski definition) is 6. The van der Waals surface area contributed by atoms with E-state index in [-0.39, 0.29) is 31.0 Å². The highest BCUT2D eigenvalue weighted by atomic mass is 16.6. The van der Waals surface area contributed by atoms with Crippen molar-refractivity contribution in [2.24, 2.45) is 5.92 Å². The zero-order chi connectivity index (χ0) is 24.7.